The van der Waals surface area contributed by atoms with Crippen LogP contribution in [0.15, 0.2) is 41.3 Å². The average molecular weight is 409 g/mol. The van der Waals surface area contributed by atoms with E-state index in [0.717, 1.165) is 6.07 Å². The van der Waals surface area contributed by atoms with Crippen LogP contribution in [0.25, 0.3) is 0 Å². The van der Waals surface area contributed by atoms with Crippen LogP contribution >= 0.6 is 34.8 Å². The van der Waals surface area contributed by atoms with Crippen molar-refractivity contribution in [1.82, 2.24) is 0 Å². The van der Waals surface area contributed by atoms with Gasteiger partial charge in [0.25, 0.3) is 10.0 Å². The minimum absolute atomic E-state index is 0.0418. The number of hydrogen-bond donors (Lipinski definition) is 1. The van der Waals surface area contributed by atoms with Gasteiger partial charge in [0.05, 0.1) is 32.9 Å². The lowest BCUT2D eigenvalue weighted by atomic mass is 10.2. The van der Waals surface area contributed by atoms with Gasteiger partial charge in [0, 0.05) is 0 Å². The third kappa shape index (κ3) is 4.13. The number of sulfonamides is 1. The number of halogens is 3. The van der Waals surface area contributed by atoms with Crippen molar-refractivity contribution >= 4 is 56.5 Å². The maximum Gasteiger partial charge on any atom is 0.340 e. The molecule has 5 nitrogen and oxygen atoms in total. The summed E-state index contributed by atoms with van der Waals surface area (Å²) in [5.74, 6) is -0.643. The van der Waals surface area contributed by atoms with E-state index in [-0.39, 0.29) is 37.8 Å². The lowest BCUT2D eigenvalue weighted by Gasteiger charge is -2.13. The van der Waals surface area contributed by atoms with E-state index in [9.17, 15) is 13.2 Å². The van der Waals surface area contributed by atoms with Crippen LogP contribution in [0.2, 0.25) is 15.1 Å². The molecule has 0 saturated heterocycles. The highest BCUT2D eigenvalue weighted by molar-refractivity contribution is 7.92. The predicted octanol–water partition coefficient (Wildman–Crippen LogP) is 4.62. The van der Waals surface area contributed by atoms with Crippen molar-refractivity contribution in [2.45, 2.75) is 11.8 Å². The summed E-state index contributed by atoms with van der Waals surface area (Å²) in [7, 11) is -4.09. The number of benzene rings is 2. The van der Waals surface area contributed by atoms with Gasteiger partial charge in [-0.3, -0.25) is 4.72 Å². The van der Waals surface area contributed by atoms with Crippen LogP contribution in [-0.2, 0) is 14.8 Å². The molecule has 0 aliphatic rings. The monoisotopic (exact) mass is 407 g/mol. The molecule has 0 aromatic heterocycles. The fourth-order valence-corrected chi connectivity index (χ4v) is 3.95. The normalized spacial score (nSPS) is 11.2. The van der Waals surface area contributed by atoms with Crippen LogP contribution in [0, 0.1) is 0 Å². The third-order valence-electron chi connectivity index (χ3n) is 2.93. The van der Waals surface area contributed by atoms with E-state index in [1.54, 1.807) is 19.1 Å². The molecule has 0 fully saturated rings. The zero-order chi connectivity index (χ0) is 17.9. The van der Waals surface area contributed by atoms with Crippen LogP contribution in [-0.4, -0.2) is 21.0 Å². The first-order valence-corrected chi connectivity index (χ1v) is 9.31. The number of carbonyl (C=O) groups excluding carboxylic acids is 1. The maximum absolute atomic E-state index is 12.6. The lowest BCUT2D eigenvalue weighted by Crippen LogP contribution is -2.17. The molecular weight excluding hydrogens is 397 g/mol. The largest absolute Gasteiger partial charge is 0.462 e. The molecule has 9 heteroatoms. The van der Waals surface area contributed by atoms with Crippen LogP contribution in [0.1, 0.15) is 17.3 Å². The van der Waals surface area contributed by atoms with E-state index in [4.69, 9.17) is 39.5 Å². The predicted molar refractivity (Wildman–Crippen MR) is 94.7 cm³/mol. The minimum Gasteiger partial charge on any atom is -0.462 e. The molecule has 0 saturated carbocycles. The number of carbonyl (C=O) groups is 1. The van der Waals surface area contributed by atoms with Crippen LogP contribution in [0.3, 0.4) is 0 Å². The Morgan fingerprint density at radius 2 is 1.71 bits per heavy atom. The summed E-state index contributed by atoms with van der Waals surface area (Å²) >= 11 is 17.6. The number of ether oxygens (including phenoxy) is 1. The van der Waals surface area contributed by atoms with Gasteiger partial charge in [-0.05, 0) is 31.2 Å². The number of rotatable bonds is 5. The van der Waals surface area contributed by atoms with Gasteiger partial charge in [-0.15, -0.1) is 0 Å². The smallest absolute Gasteiger partial charge is 0.340 e. The second-order valence-corrected chi connectivity index (χ2v) is 7.44. The van der Waals surface area contributed by atoms with Gasteiger partial charge < -0.3 is 4.74 Å². The topological polar surface area (TPSA) is 72.5 Å². The zero-order valence-corrected chi connectivity index (χ0v) is 15.4. The molecule has 24 heavy (non-hydrogen) atoms. The van der Waals surface area contributed by atoms with E-state index in [2.05, 4.69) is 4.72 Å². The molecule has 2 aromatic rings. The molecule has 2 rings (SSSR count). The zero-order valence-electron chi connectivity index (χ0n) is 12.3. The molecule has 128 valence electrons. The lowest BCUT2D eigenvalue weighted by molar-refractivity contribution is 0.0527. The highest BCUT2D eigenvalue weighted by Gasteiger charge is 2.22. The Bertz CT molecular complexity index is 884. The van der Waals surface area contributed by atoms with Gasteiger partial charge in [-0.1, -0.05) is 46.9 Å². The van der Waals surface area contributed by atoms with Gasteiger partial charge in [0.15, 0.2) is 0 Å². The first kappa shape index (κ1) is 18.9. The highest BCUT2D eigenvalue weighted by Crippen LogP contribution is 2.33. The summed E-state index contributed by atoms with van der Waals surface area (Å²) < 4.78 is 32.4. The number of esters is 1. The molecule has 0 aliphatic heterocycles. The van der Waals surface area contributed by atoms with E-state index in [0.29, 0.717) is 0 Å². The Morgan fingerprint density at radius 3 is 2.38 bits per heavy atom. The summed E-state index contributed by atoms with van der Waals surface area (Å²) in [5, 5.41) is 0.0816. The van der Waals surface area contributed by atoms with Crippen molar-refractivity contribution in [3.05, 3.63) is 57.0 Å². The van der Waals surface area contributed by atoms with Crippen molar-refractivity contribution in [3.63, 3.8) is 0 Å². The first-order valence-electron chi connectivity index (χ1n) is 6.69. The molecule has 0 radical (unpaired) electrons. The van der Waals surface area contributed by atoms with Gasteiger partial charge in [0.1, 0.15) is 4.90 Å². The molecule has 0 aliphatic carbocycles. The standard InChI is InChI=1S/C15H12Cl3NO4S/c1-2-23-15(20)9-5-3-4-6-13(9)19-24(21,22)14-8-11(17)10(16)7-12(14)18/h3-8,19H,2H2,1H3. The molecule has 2 aromatic carbocycles. The summed E-state index contributed by atoms with van der Waals surface area (Å²) in [6, 6.07) is 8.44. The van der Waals surface area contributed by atoms with Crippen LogP contribution < -0.4 is 4.72 Å². The van der Waals surface area contributed by atoms with Gasteiger partial charge in [0.2, 0.25) is 0 Å². The molecule has 0 unspecified atom stereocenters. The van der Waals surface area contributed by atoms with Crippen LogP contribution in [0.5, 0.6) is 0 Å². The van der Waals surface area contributed by atoms with Gasteiger partial charge in [-0.25, -0.2) is 13.2 Å². The van der Waals surface area contributed by atoms with Crippen molar-refractivity contribution in [2.24, 2.45) is 0 Å². The Labute approximate surface area is 154 Å². The van der Waals surface area contributed by atoms with Crippen molar-refractivity contribution in [1.29, 1.82) is 0 Å². The second-order valence-electron chi connectivity index (χ2n) is 4.57. The van der Waals surface area contributed by atoms with E-state index in [1.807, 2.05) is 0 Å². The molecule has 0 spiro atoms. The molecular formula is C15H12Cl3NO4S. The Kier molecular flexibility index (Phi) is 5.98. The molecule has 0 amide bonds. The first-order chi connectivity index (χ1) is 11.3. The van der Waals surface area contributed by atoms with Crippen molar-refractivity contribution in [2.75, 3.05) is 11.3 Å². The second kappa shape index (κ2) is 7.61. The number of nitrogens with one attached hydrogen (secondary N) is 1. The Hall–Kier alpha value is -1.47. The maximum atomic E-state index is 12.6. The SMILES string of the molecule is CCOC(=O)c1ccccc1NS(=O)(=O)c1cc(Cl)c(Cl)cc1Cl. The quantitative estimate of drug-likeness (QED) is 0.578. The minimum atomic E-state index is -4.09. The fourth-order valence-electron chi connectivity index (χ4n) is 1.87. The highest BCUT2D eigenvalue weighted by atomic mass is 35.5. The number of anilines is 1. The summed E-state index contributed by atoms with van der Waals surface area (Å²) in [4.78, 5) is 11.7. The van der Waals surface area contributed by atoms with Crippen LogP contribution in [0.4, 0.5) is 5.69 Å². The fraction of sp³-hybridized carbons (Fsp3) is 0.133. The van der Waals surface area contributed by atoms with E-state index < -0.39 is 16.0 Å². The van der Waals surface area contributed by atoms with Gasteiger partial charge >= 0.3 is 5.97 Å². The van der Waals surface area contributed by atoms with E-state index >= 15 is 0 Å². The molecule has 1 N–H and O–H groups in total. The van der Waals surface area contributed by atoms with Crippen molar-refractivity contribution < 1.29 is 17.9 Å². The Morgan fingerprint density at radius 1 is 1.08 bits per heavy atom. The van der Waals surface area contributed by atoms with E-state index in [1.165, 1.54) is 18.2 Å². The average Bonchev–Trinajstić information content (AvgIpc) is 2.51. The molecule has 0 bridgehead atoms. The summed E-state index contributed by atoms with van der Waals surface area (Å²) in [6.07, 6.45) is 0. The number of hydrogen-bond acceptors (Lipinski definition) is 4. The summed E-state index contributed by atoms with van der Waals surface area (Å²) in [5.41, 5.74) is 0.150. The van der Waals surface area contributed by atoms with Crippen molar-refractivity contribution in [3.8, 4) is 0 Å². The molecule has 0 heterocycles. The third-order valence-corrected chi connectivity index (χ3v) is 5.48. The Balaban J connectivity index is 2.44. The number of para-hydroxylation sites is 1. The molecule has 0 atom stereocenters. The summed E-state index contributed by atoms with van der Waals surface area (Å²) in [6.45, 7) is 1.82. The van der Waals surface area contributed by atoms with Gasteiger partial charge in [-0.2, -0.15) is 0 Å².